The van der Waals surface area contributed by atoms with Crippen molar-refractivity contribution in [3.8, 4) is 28.1 Å². The van der Waals surface area contributed by atoms with Crippen LogP contribution in [0.5, 0.6) is 5.75 Å². The van der Waals surface area contributed by atoms with E-state index in [0.717, 1.165) is 52.1 Å². The number of aliphatic hydroxyl groups is 2. The molecule has 1 amide bonds. The molecule has 0 radical (unpaired) electrons. The Morgan fingerprint density at radius 2 is 2.00 bits per heavy atom. The number of anilines is 1. The van der Waals surface area contributed by atoms with Crippen molar-refractivity contribution in [2.24, 2.45) is 0 Å². The molecule has 2 aromatic heterocycles. The van der Waals surface area contributed by atoms with Crippen LogP contribution in [-0.2, 0) is 19.5 Å². The second kappa shape index (κ2) is 14.3. The molecule has 1 aliphatic heterocycles. The summed E-state index contributed by atoms with van der Waals surface area (Å²) < 4.78 is 5.80. The first kappa shape index (κ1) is 31.6. The third-order valence-electron chi connectivity index (χ3n) is 7.83. The summed E-state index contributed by atoms with van der Waals surface area (Å²) in [5.74, 6) is 0.467. The largest absolute Gasteiger partial charge is 0.496 e. The smallest absolute Gasteiger partial charge is 0.274 e. The van der Waals surface area contributed by atoms with Gasteiger partial charge in [0.2, 0.25) is 0 Å². The molecular formula is C34H38ClN5O4. The molecule has 0 bridgehead atoms. The number of carbonyl (C=O) groups excluding carboxylic acids is 1. The van der Waals surface area contributed by atoms with Crippen LogP contribution < -0.4 is 15.4 Å². The van der Waals surface area contributed by atoms with Gasteiger partial charge in [-0.2, -0.15) is 0 Å². The second-order valence-electron chi connectivity index (χ2n) is 11.1. The maximum absolute atomic E-state index is 13.1. The van der Waals surface area contributed by atoms with E-state index in [1.807, 2.05) is 43.3 Å². The van der Waals surface area contributed by atoms with Crippen LogP contribution in [0.25, 0.3) is 22.4 Å². The molecule has 44 heavy (non-hydrogen) atoms. The number of carbonyl (C=O) groups is 1. The number of aliphatic hydroxyl groups excluding tert-OH is 2. The van der Waals surface area contributed by atoms with Crippen molar-refractivity contribution in [3.63, 3.8) is 0 Å². The minimum Gasteiger partial charge on any atom is -0.496 e. The molecule has 4 N–H and O–H groups in total. The molecule has 9 nitrogen and oxygen atoms in total. The zero-order chi connectivity index (χ0) is 31.2. The van der Waals surface area contributed by atoms with Gasteiger partial charge in [0.25, 0.3) is 5.91 Å². The molecule has 0 unspecified atom stereocenters. The number of ether oxygens (including phenoxy) is 1. The molecule has 0 fully saturated rings. The fourth-order valence-corrected chi connectivity index (χ4v) is 5.94. The van der Waals surface area contributed by atoms with Crippen LogP contribution >= 0.6 is 11.6 Å². The topological polar surface area (TPSA) is 120 Å². The monoisotopic (exact) mass is 615 g/mol. The summed E-state index contributed by atoms with van der Waals surface area (Å²) in [5, 5.41) is 25.4. The number of nitrogens with zero attached hydrogens (tertiary/aromatic N) is 3. The Morgan fingerprint density at radius 1 is 1.16 bits per heavy atom. The highest BCUT2D eigenvalue weighted by molar-refractivity contribution is 6.35. The van der Waals surface area contributed by atoms with Gasteiger partial charge in [-0.05, 0) is 72.9 Å². The zero-order valence-corrected chi connectivity index (χ0v) is 26.0. The number of hydrogen-bond acceptors (Lipinski definition) is 8. The van der Waals surface area contributed by atoms with Crippen molar-refractivity contribution < 1.29 is 19.7 Å². The van der Waals surface area contributed by atoms with Gasteiger partial charge in [0, 0.05) is 67.5 Å². The third kappa shape index (κ3) is 7.09. The van der Waals surface area contributed by atoms with Gasteiger partial charge in [-0.15, -0.1) is 0 Å². The summed E-state index contributed by atoms with van der Waals surface area (Å²) in [6, 6.07) is 15.3. The third-order valence-corrected chi connectivity index (χ3v) is 8.22. The maximum atomic E-state index is 13.1. The minimum absolute atomic E-state index is 0.0618. The van der Waals surface area contributed by atoms with Crippen molar-refractivity contribution in [3.05, 3.63) is 93.9 Å². The van der Waals surface area contributed by atoms with Crippen LogP contribution in [0.3, 0.4) is 0 Å². The molecule has 3 heterocycles. The number of pyridine rings is 2. The lowest BCUT2D eigenvalue weighted by Crippen LogP contribution is -2.35. The molecule has 0 saturated carbocycles. The number of benzene rings is 2. The molecule has 0 aliphatic carbocycles. The summed E-state index contributed by atoms with van der Waals surface area (Å²) in [4.78, 5) is 24.3. The predicted octanol–water partition coefficient (Wildman–Crippen LogP) is 4.85. The van der Waals surface area contributed by atoms with E-state index in [-0.39, 0.29) is 12.5 Å². The summed E-state index contributed by atoms with van der Waals surface area (Å²) in [7, 11) is 1.67. The van der Waals surface area contributed by atoms with Crippen LogP contribution in [0, 0.1) is 6.92 Å². The van der Waals surface area contributed by atoms with Gasteiger partial charge >= 0.3 is 0 Å². The Bertz CT molecular complexity index is 1610. The molecule has 4 aromatic rings. The molecule has 5 rings (SSSR count). The predicted molar refractivity (Wildman–Crippen MR) is 173 cm³/mol. The van der Waals surface area contributed by atoms with E-state index in [1.54, 1.807) is 32.5 Å². The van der Waals surface area contributed by atoms with E-state index < -0.39 is 6.10 Å². The van der Waals surface area contributed by atoms with E-state index >= 15 is 0 Å². The van der Waals surface area contributed by atoms with Crippen LogP contribution in [-0.4, -0.2) is 70.4 Å². The van der Waals surface area contributed by atoms with Crippen molar-refractivity contribution in [1.29, 1.82) is 0 Å². The van der Waals surface area contributed by atoms with Crippen LogP contribution in [0.1, 0.15) is 39.7 Å². The summed E-state index contributed by atoms with van der Waals surface area (Å²) in [6.45, 7) is 7.05. The van der Waals surface area contributed by atoms with Gasteiger partial charge in [0.05, 0.1) is 30.5 Å². The average Bonchev–Trinajstić information content (AvgIpc) is 3.02. The number of methoxy groups -OCH3 is 1. The van der Waals surface area contributed by atoms with E-state index in [2.05, 4.69) is 31.6 Å². The highest BCUT2D eigenvalue weighted by Gasteiger charge is 2.23. The Kier molecular flexibility index (Phi) is 10.2. The fraction of sp³-hybridized carbons (Fsp3) is 0.324. The first-order valence-corrected chi connectivity index (χ1v) is 15.1. The van der Waals surface area contributed by atoms with Gasteiger partial charge in [-0.25, -0.2) is 0 Å². The lowest BCUT2D eigenvalue weighted by molar-refractivity contribution is 0.102. The quantitative estimate of drug-likeness (QED) is 0.177. The molecule has 1 aliphatic rings. The Hall–Kier alpha value is -3.86. The van der Waals surface area contributed by atoms with Gasteiger partial charge in [0.1, 0.15) is 11.4 Å². The van der Waals surface area contributed by atoms with E-state index in [9.17, 15) is 9.90 Å². The molecule has 10 heteroatoms. The number of β-amino-alcohol motifs (C(OH)–C–C–N with tert-alkyl or cyclic N) is 1. The minimum atomic E-state index is -0.392. The normalized spacial score (nSPS) is 13.8. The van der Waals surface area contributed by atoms with Crippen molar-refractivity contribution in [2.45, 2.75) is 39.5 Å². The highest BCUT2D eigenvalue weighted by atomic mass is 35.5. The molecular weight excluding hydrogens is 578 g/mol. The first-order valence-electron chi connectivity index (χ1n) is 14.7. The summed E-state index contributed by atoms with van der Waals surface area (Å²) in [5.41, 5.74) is 8.29. The summed E-state index contributed by atoms with van der Waals surface area (Å²) in [6.07, 6.45) is 3.85. The van der Waals surface area contributed by atoms with Crippen molar-refractivity contribution >= 4 is 23.2 Å². The Morgan fingerprint density at radius 3 is 2.73 bits per heavy atom. The number of halogens is 1. The zero-order valence-electron chi connectivity index (χ0n) is 25.2. The van der Waals surface area contributed by atoms with E-state index in [0.29, 0.717) is 48.3 Å². The number of fused-ring (bicyclic) bond motifs is 1. The van der Waals surface area contributed by atoms with Crippen molar-refractivity contribution in [1.82, 2.24) is 20.2 Å². The van der Waals surface area contributed by atoms with Crippen molar-refractivity contribution in [2.75, 3.05) is 38.7 Å². The number of hydrogen-bond donors (Lipinski definition) is 4. The van der Waals surface area contributed by atoms with Crippen LogP contribution in [0.4, 0.5) is 5.69 Å². The first-order chi connectivity index (χ1) is 21.3. The molecule has 0 spiro atoms. The number of aromatic nitrogens is 2. The number of nitrogens with one attached hydrogen (secondary N) is 2. The van der Waals surface area contributed by atoms with Gasteiger partial charge < -0.3 is 25.6 Å². The SMILES string of the molecule is COc1cc(-c2nccc(-c3cccc(NC(=O)c4ccc(CNCCO)cn4)c3C)c2Cl)cc2c1CN(C[C@H](C)O)CC2. The lowest BCUT2D eigenvalue weighted by Gasteiger charge is -2.31. The Labute approximate surface area is 262 Å². The Balaban J connectivity index is 1.40. The van der Waals surface area contributed by atoms with Gasteiger partial charge in [-0.3, -0.25) is 19.7 Å². The molecule has 1 atom stereocenters. The molecule has 2 aromatic carbocycles. The lowest BCUT2D eigenvalue weighted by atomic mass is 9.93. The maximum Gasteiger partial charge on any atom is 0.274 e. The number of amides is 1. The summed E-state index contributed by atoms with van der Waals surface area (Å²) >= 11 is 7.07. The molecule has 230 valence electrons. The average molecular weight is 616 g/mol. The highest BCUT2D eigenvalue weighted by Crippen LogP contribution is 2.40. The van der Waals surface area contributed by atoms with Gasteiger partial charge in [0.15, 0.2) is 0 Å². The van der Waals surface area contributed by atoms with Crippen LogP contribution in [0.15, 0.2) is 60.9 Å². The van der Waals surface area contributed by atoms with Crippen LogP contribution in [0.2, 0.25) is 5.02 Å². The molecule has 0 saturated heterocycles. The number of rotatable bonds is 11. The standard InChI is InChI=1S/C34H38ClN5O4/c1-21(42)19-40-13-10-24-15-25(16-31(44-3)28(24)20-40)33-32(35)27(9-11-37-33)26-5-4-6-29(22(26)2)39-34(43)30-8-7-23(18-38-30)17-36-12-14-41/h4-9,11,15-16,18,21,36,41-42H,10,12-14,17,19-20H2,1-3H3,(H,39,43)/t21-/m0/s1. The van der Waals surface area contributed by atoms with E-state index in [4.69, 9.17) is 21.4 Å². The van der Waals surface area contributed by atoms with Gasteiger partial charge in [-0.1, -0.05) is 29.8 Å². The second-order valence-corrected chi connectivity index (χ2v) is 11.4. The fourth-order valence-electron chi connectivity index (χ4n) is 5.61. The van der Waals surface area contributed by atoms with E-state index in [1.165, 1.54) is 5.56 Å².